The Morgan fingerprint density at radius 1 is 0.536 bits per heavy atom. The fourth-order valence-electron chi connectivity index (χ4n) is 1.82. The molecule has 0 unspecified atom stereocenters. The molecule has 1 fully saturated rings. The Bertz CT molecular complexity index is 300. The molecule has 0 radical (unpaired) electrons. The summed E-state index contributed by atoms with van der Waals surface area (Å²) in [6.07, 6.45) is 0. The van der Waals surface area contributed by atoms with Gasteiger partial charge in [-0.25, -0.2) is 0 Å². The van der Waals surface area contributed by atoms with Crippen LogP contribution in [0.25, 0.3) is 0 Å². The van der Waals surface area contributed by atoms with Crippen LogP contribution in [0.3, 0.4) is 0 Å². The minimum absolute atomic E-state index is 0. The van der Waals surface area contributed by atoms with E-state index in [0.717, 1.165) is 0 Å². The Kier molecular flexibility index (Phi) is 35.3. The number of rotatable bonds is 0. The second-order valence-corrected chi connectivity index (χ2v) is 20.9. The quantitative estimate of drug-likeness (QED) is 0.146. The normalized spacial score (nSPS) is 21.6. The Balaban J connectivity index is -0.000000450. The average molecular weight is 779 g/mol. The summed E-state index contributed by atoms with van der Waals surface area (Å²) in [6.45, 7) is 14.9. The van der Waals surface area contributed by atoms with Gasteiger partial charge in [0.1, 0.15) is 0 Å². The van der Waals surface area contributed by atoms with Crippen LogP contribution in [0.15, 0.2) is 0 Å². The molecular weight excluding hydrogens is 745 g/mol. The van der Waals surface area contributed by atoms with Crippen LogP contribution in [0.2, 0.25) is 26.2 Å². The third kappa shape index (κ3) is 21.6. The minimum Gasteiger partial charge on any atom is -1.00 e. The predicted octanol–water partition coefficient (Wildman–Crippen LogP) is -3.36. The number of ether oxygens (including phenoxy) is 4. The zero-order valence-electron chi connectivity index (χ0n) is 17.4. The summed E-state index contributed by atoms with van der Waals surface area (Å²) in [5.41, 5.74) is 0. The molecule has 1 rings (SSSR count). The summed E-state index contributed by atoms with van der Waals surface area (Å²) in [4.78, 5) is 0. The Labute approximate surface area is 254 Å². The smallest absolute Gasteiger partial charge is 1.00 e. The molecule has 0 amide bonds. The molecule has 13 heteroatoms. The standard InChI is InChI=1S/C14H32O6Si2.CH2Cl2.2HI.Sr/c1-21(2)19-13-11-17-9-7-15-5-6-16-8-10-18-12-14-20-22(21,3)4;2-1-3;;;/h5-14H2,1-4H3;1H2;2*1H;/q;;;;+2/p-2. The van der Waals surface area contributed by atoms with E-state index in [4.69, 9.17) is 51.0 Å². The molecule has 0 aromatic carbocycles. The van der Waals surface area contributed by atoms with Crippen LogP contribution in [0.4, 0.5) is 0 Å². The summed E-state index contributed by atoms with van der Waals surface area (Å²) in [5, 5.41) is 0.194. The number of hydrogen-bond donors (Lipinski definition) is 0. The van der Waals surface area contributed by atoms with Crippen LogP contribution < -0.4 is 48.0 Å². The molecule has 0 aromatic heterocycles. The molecule has 0 bridgehead atoms. The molecule has 1 saturated heterocycles. The Morgan fingerprint density at radius 2 is 0.714 bits per heavy atom. The van der Waals surface area contributed by atoms with Gasteiger partial charge in [-0.2, -0.15) is 0 Å². The van der Waals surface area contributed by atoms with E-state index in [1.54, 1.807) is 0 Å². The van der Waals surface area contributed by atoms with Crippen molar-refractivity contribution in [3.05, 3.63) is 0 Å². The summed E-state index contributed by atoms with van der Waals surface area (Å²) in [5.74, 6) is 0. The predicted molar refractivity (Wildman–Crippen MR) is 112 cm³/mol. The van der Waals surface area contributed by atoms with Gasteiger partial charge in [0.05, 0.1) is 71.4 Å². The number of hydrogen-bond acceptors (Lipinski definition) is 6. The first-order valence-electron chi connectivity index (χ1n) is 8.58. The van der Waals surface area contributed by atoms with Crippen molar-refractivity contribution in [3.8, 4) is 0 Å². The van der Waals surface area contributed by atoms with E-state index < -0.39 is 15.7 Å². The van der Waals surface area contributed by atoms with Gasteiger partial charge in [0.15, 0.2) is 0 Å². The molecule has 0 aliphatic carbocycles. The van der Waals surface area contributed by atoms with Crippen LogP contribution in [-0.2, 0) is 27.8 Å². The third-order valence-corrected chi connectivity index (χ3v) is 18.3. The van der Waals surface area contributed by atoms with Crippen molar-refractivity contribution in [1.29, 1.82) is 0 Å². The third-order valence-electron chi connectivity index (χ3n) is 3.95. The van der Waals surface area contributed by atoms with Crippen LogP contribution in [0.5, 0.6) is 0 Å². The maximum Gasteiger partial charge on any atom is 2.00 e. The van der Waals surface area contributed by atoms with Gasteiger partial charge in [-0.15, -0.1) is 23.2 Å². The van der Waals surface area contributed by atoms with Crippen molar-refractivity contribution in [2.24, 2.45) is 0 Å². The topological polar surface area (TPSA) is 55.4 Å². The second-order valence-electron chi connectivity index (χ2n) is 6.27. The molecule has 0 N–H and O–H groups in total. The molecule has 1 aliphatic rings. The van der Waals surface area contributed by atoms with Crippen molar-refractivity contribution in [1.82, 2.24) is 0 Å². The minimum atomic E-state index is -1.84. The Morgan fingerprint density at radius 3 is 0.929 bits per heavy atom. The van der Waals surface area contributed by atoms with Crippen LogP contribution in [-0.4, -0.2) is 133 Å². The van der Waals surface area contributed by atoms with Gasteiger partial charge in [0, 0.05) is 0 Å². The van der Waals surface area contributed by atoms with Crippen molar-refractivity contribution in [2.45, 2.75) is 26.2 Å². The molecule has 1 aliphatic heterocycles. The molecular formula is C15H34Cl2I2O6Si2Sr. The maximum atomic E-state index is 6.14. The zero-order chi connectivity index (χ0) is 19.0. The van der Waals surface area contributed by atoms with E-state index in [-0.39, 0.29) is 98.8 Å². The summed E-state index contributed by atoms with van der Waals surface area (Å²) in [6, 6.07) is 0. The maximum absolute atomic E-state index is 6.14. The molecule has 0 saturated carbocycles. The molecule has 28 heavy (non-hydrogen) atoms. The van der Waals surface area contributed by atoms with Gasteiger partial charge >= 0.3 is 45.5 Å². The van der Waals surface area contributed by atoms with E-state index >= 15 is 0 Å². The molecule has 1 heterocycles. The van der Waals surface area contributed by atoms with Gasteiger partial charge in [-0.05, 0) is 26.2 Å². The monoisotopic (exact) mass is 778 g/mol. The summed E-state index contributed by atoms with van der Waals surface area (Å²) >= 11 is 9.53. The zero-order valence-corrected chi connectivity index (χ0v) is 28.7. The van der Waals surface area contributed by atoms with Crippen LogP contribution >= 0.6 is 23.2 Å². The number of halogens is 4. The van der Waals surface area contributed by atoms with Crippen molar-refractivity contribution in [2.75, 3.05) is 71.4 Å². The second kappa shape index (κ2) is 25.3. The SMILES string of the molecule is C[Si]1(C)OCCOCCOCCOCCOCCO[Si]1(C)C.ClCCl.[I-].[I-].[Sr+2]. The van der Waals surface area contributed by atoms with E-state index in [9.17, 15) is 0 Å². The van der Waals surface area contributed by atoms with Gasteiger partial charge in [-0.3, -0.25) is 0 Å². The fourth-order valence-corrected chi connectivity index (χ4v) is 6.40. The molecule has 0 aromatic rings. The van der Waals surface area contributed by atoms with Gasteiger partial charge in [-0.1, -0.05) is 0 Å². The van der Waals surface area contributed by atoms with E-state index in [2.05, 4.69) is 26.2 Å². The Hall–Kier alpha value is 3.71. The molecule has 0 spiro atoms. The largest absolute Gasteiger partial charge is 2.00 e. The van der Waals surface area contributed by atoms with E-state index in [0.29, 0.717) is 66.1 Å². The first kappa shape index (κ1) is 39.0. The molecule has 168 valence electrons. The van der Waals surface area contributed by atoms with Crippen molar-refractivity contribution in [3.63, 3.8) is 0 Å². The van der Waals surface area contributed by atoms with Crippen LogP contribution in [0.1, 0.15) is 0 Å². The van der Waals surface area contributed by atoms with Gasteiger partial charge in [0.2, 0.25) is 15.7 Å². The average Bonchev–Trinajstić information content (AvgIpc) is 2.54. The number of alkyl halides is 2. The summed E-state index contributed by atoms with van der Waals surface area (Å²) < 4.78 is 34.2. The van der Waals surface area contributed by atoms with Crippen molar-refractivity contribution >= 4 is 84.4 Å². The molecule has 6 nitrogen and oxygen atoms in total. The van der Waals surface area contributed by atoms with Crippen LogP contribution in [0, 0.1) is 0 Å². The molecule has 0 atom stereocenters. The first-order chi connectivity index (χ1) is 11.9. The van der Waals surface area contributed by atoms with E-state index in [1.165, 1.54) is 0 Å². The van der Waals surface area contributed by atoms with Gasteiger partial charge < -0.3 is 75.8 Å². The van der Waals surface area contributed by atoms with Crippen molar-refractivity contribution < 1.29 is 75.8 Å². The van der Waals surface area contributed by atoms with E-state index in [1.807, 2.05) is 0 Å². The van der Waals surface area contributed by atoms with Gasteiger partial charge in [0.25, 0.3) is 0 Å². The summed E-state index contributed by atoms with van der Waals surface area (Å²) in [7, 11) is -3.68. The fraction of sp³-hybridized carbons (Fsp3) is 1.00. The first-order valence-corrected chi connectivity index (χ1v) is 16.5.